The Bertz CT molecular complexity index is 3540. The van der Waals surface area contributed by atoms with Gasteiger partial charge in [0.2, 0.25) is 11.8 Å². The van der Waals surface area contributed by atoms with E-state index in [1.807, 2.05) is 67.2 Å². The number of carbonyl (C=O) groups is 4. The second-order valence-corrected chi connectivity index (χ2v) is 37.2. The van der Waals surface area contributed by atoms with Crippen molar-refractivity contribution < 1.29 is 71.3 Å². The van der Waals surface area contributed by atoms with E-state index in [2.05, 4.69) is 5.32 Å². The van der Waals surface area contributed by atoms with Crippen LogP contribution in [0.2, 0.25) is 0 Å². The molecule has 3 N–H and O–H groups in total. The molecule has 0 radical (unpaired) electrons. The summed E-state index contributed by atoms with van der Waals surface area (Å²) in [7, 11) is -3.51. The van der Waals surface area contributed by atoms with Gasteiger partial charge in [-0.15, -0.1) is 0 Å². The zero-order valence-electron chi connectivity index (χ0n) is 56.2. The maximum atomic E-state index is 14.6. The number of rotatable bonds is 18. The fraction of sp³-hybridized carbons (Fsp3) is 0.611. The minimum atomic E-state index is -1.26. The predicted molar refractivity (Wildman–Crippen MR) is 355 cm³/mol. The molecule has 6 bridgehead atoms. The van der Waals surface area contributed by atoms with Gasteiger partial charge in [0, 0.05) is 118 Å². The third kappa shape index (κ3) is 17.6. The average molecular weight is 1410 g/mol. The van der Waals surface area contributed by atoms with Crippen LogP contribution in [0, 0.1) is 87.9 Å². The van der Waals surface area contributed by atoms with Crippen molar-refractivity contribution in [1.29, 1.82) is 0 Å². The normalized spacial score (nSPS) is 25.7. The number of nitrogens with zero attached hydrogens (tertiary/aromatic N) is 3. The molecular weight excluding hydrogens is 1310 g/mol. The van der Waals surface area contributed by atoms with E-state index >= 15 is 0 Å². The number of nitrogens with one attached hydrogen (secondary N) is 1. The van der Waals surface area contributed by atoms with E-state index in [9.17, 15) is 71.3 Å². The molecule has 0 spiro atoms. The number of amides is 4. The van der Waals surface area contributed by atoms with Crippen molar-refractivity contribution in [2.75, 3.05) is 30.3 Å². The van der Waals surface area contributed by atoms with Crippen molar-refractivity contribution in [3.05, 3.63) is 141 Å². The highest BCUT2D eigenvalue weighted by Gasteiger charge is 2.49. The van der Waals surface area contributed by atoms with Gasteiger partial charge in [0.05, 0.1) is 17.7 Å². The number of halogens is 9. The summed E-state index contributed by atoms with van der Waals surface area (Å²) in [4.78, 5) is 56.0. The Kier molecular flexibility index (Phi) is 23.9. The molecule has 6 saturated heterocycles. The molecule has 7 aliphatic heterocycles. The summed E-state index contributed by atoms with van der Waals surface area (Å²) in [5, 5.41) is 3.59. The summed E-state index contributed by atoms with van der Waals surface area (Å²) in [5.74, 6) is -9.36. The van der Waals surface area contributed by atoms with Crippen molar-refractivity contribution in [1.82, 2.24) is 20.0 Å². The Balaban J connectivity index is 0.000000174. The number of carbonyl (C=O) groups excluding carboxylic acids is 4. The molecular formula is C72H92F9N5O7S3. The lowest BCUT2D eigenvalue weighted by Gasteiger charge is -2.42. The Labute approximate surface area is 566 Å². The minimum Gasteiger partial charge on any atom is -0.336 e. The van der Waals surface area contributed by atoms with Crippen LogP contribution >= 0.6 is 0 Å². The Morgan fingerprint density at radius 3 is 1.05 bits per heavy atom. The van der Waals surface area contributed by atoms with Gasteiger partial charge in [0.25, 0.3) is 11.8 Å². The van der Waals surface area contributed by atoms with Gasteiger partial charge < -0.3 is 20.9 Å². The maximum Gasteiger partial charge on any atom is 0.262 e. The smallest absolute Gasteiger partial charge is 0.262 e. The molecule has 7 aliphatic rings. The van der Waals surface area contributed by atoms with Gasteiger partial charge in [0.15, 0.2) is 34.9 Å². The molecule has 24 heteroatoms. The first-order chi connectivity index (χ1) is 45.0. The van der Waals surface area contributed by atoms with Gasteiger partial charge in [-0.25, -0.2) is 39.5 Å². The van der Waals surface area contributed by atoms with E-state index in [0.29, 0.717) is 78.1 Å². The Morgan fingerprint density at radius 2 is 0.750 bits per heavy atom. The zero-order chi connectivity index (χ0) is 70.2. The molecule has 528 valence electrons. The van der Waals surface area contributed by atoms with E-state index in [1.165, 1.54) is 0 Å². The quantitative estimate of drug-likeness (QED) is 0.0560. The third-order valence-electron chi connectivity index (χ3n) is 20.8. The van der Waals surface area contributed by atoms with Crippen molar-refractivity contribution in [3.63, 3.8) is 0 Å². The van der Waals surface area contributed by atoms with E-state index in [4.69, 9.17) is 5.73 Å². The van der Waals surface area contributed by atoms with Gasteiger partial charge >= 0.3 is 0 Å². The van der Waals surface area contributed by atoms with Gasteiger partial charge in [-0.05, 0) is 241 Å². The second-order valence-electron chi connectivity index (χ2n) is 30.5. The van der Waals surface area contributed by atoms with Crippen molar-refractivity contribution in [2.24, 2.45) is 41.2 Å². The molecule has 6 fully saturated rings. The Morgan fingerprint density at radius 1 is 0.458 bits per heavy atom. The number of imide groups is 1. The molecule has 4 aromatic carbocycles. The number of hydrogen-bond acceptors (Lipinski definition) is 9. The maximum absolute atomic E-state index is 14.6. The SMILES string of the molecule is CC(C)(C)[S@](=O)C[C@@H](Cc1cc(F)c(F)cc1F)C1C[C@H]2CC[C@@H](C1)N2.CC(C)(C)[S@](=O)C[C@@H](Cc1cc(F)c(F)cc1F)C1C[C@H]2CC[C@@H](C1)N2C(=O)CN.CC(C)(C)[S@](=O)C[C@@H](Cc1cc(F)c(F)cc1F)C1C[C@H]2CC[C@@H](C1)N2C(=O)CN1C(=O)c2ccccc2C1=O. The minimum absolute atomic E-state index is 0.000352. The van der Waals surface area contributed by atoms with Crippen LogP contribution in [0.4, 0.5) is 39.5 Å². The fourth-order valence-corrected chi connectivity index (χ4v) is 19.5. The molecule has 4 amide bonds. The van der Waals surface area contributed by atoms with Crippen LogP contribution in [0.5, 0.6) is 0 Å². The van der Waals surface area contributed by atoms with Gasteiger partial charge in [-0.3, -0.25) is 36.7 Å². The van der Waals surface area contributed by atoms with Crippen LogP contribution in [0.25, 0.3) is 0 Å². The first-order valence-electron chi connectivity index (χ1n) is 33.6. The van der Waals surface area contributed by atoms with Crippen LogP contribution in [0.3, 0.4) is 0 Å². The van der Waals surface area contributed by atoms with Crippen LogP contribution in [-0.2, 0) is 61.3 Å². The largest absolute Gasteiger partial charge is 0.336 e. The monoisotopic (exact) mass is 1410 g/mol. The van der Waals surface area contributed by atoms with Crippen molar-refractivity contribution in [2.45, 2.75) is 209 Å². The second kappa shape index (κ2) is 30.7. The lowest BCUT2D eigenvalue weighted by atomic mass is 9.78. The lowest BCUT2D eigenvalue weighted by molar-refractivity contribution is -0.137. The number of fused-ring (bicyclic) bond motifs is 7. The fourth-order valence-electron chi connectivity index (χ4n) is 15.6. The van der Waals surface area contributed by atoms with E-state index in [0.717, 1.165) is 87.3 Å². The van der Waals surface area contributed by atoms with Crippen LogP contribution in [-0.4, -0.2) is 132 Å². The summed E-state index contributed by atoms with van der Waals surface area (Å²) in [6.07, 6.45) is 10.8. The van der Waals surface area contributed by atoms with E-state index in [-0.39, 0.29) is 119 Å². The van der Waals surface area contributed by atoms with Crippen molar-refractivity contribution >= 4 is 56.0 Å². The van der Waals surface area contributed by atoms with Crippen LogP contribution < -0.4 is 11.1 Å². The number of benzene rings is 4. The van der Waals surface area contributed by atoms with Crippen LogP contribution in [0.1, 0.15) is 177 Å². The number of nitrogens with two attached hydrogens (primary N) is 1. The third-order valence-corrected chi connectivity index (χ3v) is 27.1. The standard InChI is InChI=1S/C30H33F3N2O4S.C22H31F3N2O2S.C20H28F3NOS/c1-30(2,3)40(39)16-19(10-18-13-25(32)26(33)14-24(18)31)17-11-20-8-9-21(12-17)35(20)27(36)15-34-28(37)22-6-4-5-7-23(22)29(34)38;1-22(2,3)30(29)12-15(6-14-9-19(24)20(25)10-18(14)23)13-7-16-4-5-17(8-13)27(16)21(28)11-26;1-20(2,3)26(25)11-14(12-7-15-4-5-16(8-12)24-15)6-13-9-18(22)19(23)10-17(13)21/h4-7,13-14,17,19-21H,8-12,15-16H2,1-3H3;9-10,13,15-17H,4-8,11-12,26H2,1-3H3;9-10,12,14-16,24H,4-8,11H2,1-3H3/t17?,19-,20-,21+,40-;13?,15-,16-,17+,30-;12?,14-,15-,16+,26-/m111/s1. The van der Waals surface area contributed by atoms with Crippen LogP contribution in [0.15, 0.2) is 60.7 Å². The molecule has 0 aliphatic carbocycles. The summed E-state index contributed by atoms with van der Waals surface area (Å²) in [6.45, 7) is 16.7. The summed E-state index contributed by atoms with van der Waals surface area (Å²) in [5.41, 5.74) is 6.50. The highest BCUT2D eigenvalue weighted by atomic mass is 32.2. The highest BCUT2D eigenvalue weighted by molar-refractivity contribution is 7.86. The van der Waals surface area contributed by atoms with Gasteiger partial charge in [0.1, 0.15) is 24.0 Å². The summed E-state index contributed by atoms with van der Waals surface area (Å²) >= 11 is 0. The van der Waals surface area contributed by atoms with Crippen molar-refractivity contribution in [3.8, 4) is 0 Å². The average Bonchev–Trinajstić information content (AvgIpc) is 1.61. The highest BCUT2D eigenvalue weighted by Crippen LogP contribution is 2.46. The van der Waals surface area contributed by atoms with Gasteiger partial charge in [-0.2, -0.15) is 0 Å². The lowest BCUT2D eigenvalue weighted by Crippen LogP contribution is -2.52. The zero-order valence-corrected chi connectivity index (χ0v) is 58.7. The molecule has 3 unspecified atom stereocenters. The number of piperidine rings is 3. The molecule has 4 aromatic rings. The Hall–Kier alpha value is -5.30. The number of hydrogen-bond donors (Lipinski definition) is 2. The molecule has 0 saturated carbocycles. The molecule has 7 heterocycles. The molecule has 96 heavy (non-hydrogen) atoms. The van der Waals surface area contributed by atoms with E-state index in [1.54, 1.807) is 29.2 Å². The molecule has 12 nitrogen and oxygen atoms in total. The molecule has 11 rings (SSSR count). The first-order valence-corrected chi connectivity index (χ1v) is 37.5. The van der Waals surface area contributed by atoms with E-state index < -0.39 is 106 Å². The first kappa shape index (κ1) is 74.9. The summed E-state index contributed by atoms with van der Waals surface area (Å²) < 4.78 is 162. The van der Waals surface area contributed by atoms with Gasteiger partial charge in [-0.1, -0.05) is 12.1 Å². The predicted octanol–water partition coefficient (Wildman–Crippen LogP) is 12.8. The summed E-state index contributed by atoms with van der Waals surface area (Å²) in [6, 6.07) is 11.9. The molecule has 15 atom stereocenters. The topological polar surface area (TPSA) is 167 Å². The molecule has 0 aromatic heterocycles.